The Balaban J connectivity index is 1.40. The number of hydrogen-bond donors (Lipinski definition) is 3. The summed E-state index contributed by atoms with van der Waals surface area (Å²) in [6.07, 6.45) is 35.4. The van der Waals surface area contributed by atoms with Crippen LogP contribution in [0.4, 0.5) is 0 Å². The number of allylic oxidation sites excluding steroid dienone is 1. The van der Waals surface area contributed by atoms with Gasteiger partial charge in [0.25, 0.3) is 0 Å². The molecule has 0 saturated heterocycles. The zero-order valence-electron chi connectivity index (χ0n) is 39.6. The van der Waals surface area contributed by atoms with Crippen LogP contribution >= 0.6 is 7.82 Å². The predicted octanol–water partition coefficient (Wildman–Crippen LogP) is 11.2. The first-order chi connectivity index (χ1) is 30.5. The number of rotatable bonds is 40. The molecule has 0 radical (unpaired) electrons. The smallest absolute Gasteiger partial charge is 0.387 e. The van der Waals surface area contributed by atoms with Crippen LogP contribution in [0.15, 0.2) is 41.2 Å². The maximum absolute atomic E-state index is 13.1. The minimum Gasteiger partial charge on any atom is -0.387 e. The van der Waals surface area contributed by atoms with Crippen LogP contribution in [-0.2, 0) is 31.5 Å². The first-order valence-corrected chi connectivity index (χ1v) is 26.2. The van der Waals surface area contributed by atoms with Gasteiger partial charge in [-0.25, -0.2) is 13.9 Å². The molecule has 0 aliphatic rings. The molecule has 0 spiro atoms. The number of hydrogen-bond acceptors (Lipinski definition) is 10. The van der Waals surface area contributed by atoms with E-state index in [1.54, 1.807) is 10.8 Å². The molecule has 1 amide bonds. The number of aromatic nitrogens is 5. The molecule has 0 fully saturated rings. The van der Waals surface area contributed by atoms with E-state index in [9.17, 15) is 19.4 Å². The first kappa shape index (κ1) is 54.3. The van der Waals surface area contributed by atoms with Crippen LogP contribution in [0.2, 0.25) is 0 Å². The van der Waals surface area contributed by atoms with E-state index in [1.165, 1.54) is 122 Å². The summed E-state index contributed by atoms with van der Waals surface area (Å²) in [5.74, 6) is -0.206. The highest BCUT2D eigenvalue weighted by Crippen LogP contribution is 2.43. The molecule has 1 aromatic carbocycles. The monoisotopic (exact) mass is 903 g/mol. The lowest BCUT2D eigenvalue weighted by Gasteiger charge is -2.29. The Kier molecular flexibility index (Phi) is 28.1. The lowest BCUT2D eigenvalue weighted by Crippen LogP contribution is -2.45. The molecule has 1 unspecified atom stereocenters. The second kappa shape index (κ2) is 32.6. The Bertz CT molecular complexity index is 1700. The van der Waals surface area contributed by atoms with Gasteiger partial charge in [-0.2, -0.15) is 0 Å². The third-order valence-electron chi connectivity index (χ3n) is 11.8. The third-order valence-corrected chi connectivity index (χ3v) is 12.8. The van der Waals surface area contributed by atoms with Crippen molar-refractivity contribution in [3.05, 3.63) is 47.8 Å². The number of amides is 1. The lowest BCUT2D eigenvalue weighted by atomic mass is 10.0. The number of benzene rings is 1. The van der Waals surface area contributed by atoms with Crippen LogP contribution in [0.5, 0.6) is 0 Å². The maximum Gasteiger partial charge on any atom is 0.472 e. The number of carbonyl (C=O) groups is 1. The number of fused-ring (bicyclic) bond motifs is 1. The number of unbranched alkanes of at least 4 members (excludes halogenated alkanes) is 23. The lowest BCUT2D eigenvalue weighted by molar-refractivity contribution is -0.904. The van der Waals surface area contributed by atoms with E-state index in [0.717, 1.165) is 49.8 Å². The number of nitrogens with zero attached hydrogens (tertiary/aromatic N) is 6. The largest absolute Gasteiger partial charge is 0.472 e. The van der Waals surface area contributed by atoms with Gasteiger partial charge in [0, 0.05) is 6.42 Å². The molecule has 0 saturated carbocycles. The topological polar surface area (TPSA) is 175 Å². The molecule has 3 N–H and O–H groups in total. The van der Waals surface area contributed by atoms with Crippen molar-refractivity contribution < 1.29 is 37.5 Å². The summed E-state index contributed by atoms with van der Waals surface area (Å²) in [4.78, 5) is 23.7. The molecule has 63 heavy (non-hydrogen) atoms. The molecule has 3 atom stereocenters. The Morgan fingerprint density at radius 2 is 1.37 bits per heavy atom. The van der Waals surface area contributed by atoms with Crippen molar-refractivity contribution in [2.45, 2.75) is 206 Å². The van der Waals surface area contributed by atoms with Gasteiger partial charge in [0.2, 0.25) is 5.91 Å². The summed E-state index contributed by atoms with van der Waals surface area (Å²) in [6, 6.07) is 4.78. The Morgan fingerprint density at radius 3 is 1.97 bits per heavy atom. The highest BCUT2D eigenvalue weighted by atomic mass is 31.2. The van der Waals surface area contributed by atoms with Crippen molar-refractivity contribution in [2.75, 3.05) is 33.9 Å². The Labute approximate surface area is 379 Å². The zero-order chi connectivity index (χ0) is 45.4. The average Bonchev–Trinajstić information content (AvgIpc) is 3.91. The standard InChI is InChI=1S/C48H84N7O7P/c1-5-7-9-11-13-15-17-19-21-23-25-27-29-31-47(56)46(49-48(57)32-30-28-26-24-22-20-18-16-14-12-10-8-6-2)41-61-63(58,59)60-36-35-55(3,4)40-43-39-54(53-50-43)38-42-33-34-44-45(37-42)52-62-51-44/h29,31,33-34,37,39,46-47,56H,5-28,30,32,35-36,38,40-41H2,1-4H3,(H-,49,57,58,59)/p+1/b31-29+/t46-,47+/m0/s1. The van der Waals surface area contributed by atoms with Gasteiger partial charge in [-0.3, -0.25) is 13.8 Å². The number of nitrogens with one attached hydrogen (secondary N) is 1. The molecule has 14 nitrogen and oxygen atoms in total. The van der Waals surface area contributed by atoms with E-state index < -0.39 is 20.0 Å². The molecule has 0 bridgehead atoms. The quantitative estimate of drug-likeness (QED) is 0.0214. The van der Waals surface area contributed by atoms with Gasteiger partial charge in [0.15, 0.2) is 0 Å². The molecule has 2 heterocycles. The normalized spacial score (nSPS) is 14.1. The highest BCUT2D eigenvalue weighted by Gasteiger charge is 2.28. The summed E-state index contributed by atoms with van der Waals surface area (Å²) in [7, 11) is -0.559. The summed E-state index contributed by atoms with van der Waals surface area (Å²) >= 11 is 0. The van der Waals surface area contributed by atoms with Crippen molar-refractivity contribution >= 4 is 24.8 Å². The first-order valence-electron chi connectivity index (χ1n) is 24.7. The van der Waals surface area contributed by atoms with Gasteiger partial charge in [0.05, 0.1) is 45.6 Å². The van der Waals surface area contributed by atoms with Crippen LogP contribution < -0.4 is 5.32 Å². The van der Waals surface area contributed by atoms with Crippen LogP contribution in [-0.4, -0.2) is 91.7 Å². The van der Waals surface area contributed by atoms with E-state index in [0.29, 0.717) is 41.6 Å². The molecular weight excluding hydrogens is 818 g/mol. The van der Waals surface area contributed by atoms with Gasteiger partial charge >= 0.3 is 7.82 Å². The number of carbonyl (C=O) groups excluding carboxylic acids is 1. The minimum atomic E-state index is -4.50. The van der Waals surface area contributed by atoms with E-state index >= 15 is 0 Å². The second-order valence-corrected chi connectivity index (χ2v) is 19.8. The molecule has 2 aromatic heterocycles. The van der Waals surface area contributed by atoms with Gasteiger partial charge in [-0.1, -0.05) is 179 Å². The van der Waals surface area contributed by atoms with E-state index in [1.807, 2.05) is 44.6 Å². The minimum absolute atomic E-state index is 0.0574. The van der Waals surface area contributed by atoms with Crippen molar-refractivity contribution in [2.24, 2.45) is 0 Å². The number of phosphoric acid groups is 1. The van der Waals surface area contributed by atoms with Crippen LogP contribution in [0.3, 0.4) is 0 Å². The maximum atomic E-state index is 13.1. The summed E-state index contributed by atoms with van der Waals surface area (Å²) < 4.78 is 30.8. The fraction of sp³-hybridized carbons (Fsp3) is 0.771. The number of phosphoric ester groups is 1. The third kappa shape index (κ3) is 25.9. The highest BCUT2D eigenvalue weighted by molar-refractivity contribution is 7.47. The van der Waals surface area contributed by atoms with Crippen LogP contribution in [0.1, 0.15) is 192 Å². The Hall–Kier alpha value is -3.00. The van der Waals surface area contributed by atoms with Crippen LogP contribution in [0.25, 0.3) is 11.0 Å². The van der Waals surface area contributed by atoms with Crippen molar-refractivity contribution in [1.29, 1.82) is 0 Å². The molecule has 3 aromatic rings. The average molecular weight is 903 g/mol. The van der Waals surface area contributed by atoms with E-state index in [2.05, 4.69) is 39.8 Å². The number of aliphatic hydroxyl groups is 1. The van der Waals surface area contributed by atoms with Gasteiger partial charge in [-0.05, 0) is 47.3 Å². The van der Waals surface area contributed by atoms with E-state index in [4.69, 9.17) is 13.7 Å². The van der Waals surface area contributed by atoms with Gasteiger partial charge in [0.1, 0.15) is 36.4 Å². The molecule has 3 rings (SSSR count). The number of quaternary nitrogens is 1. The fourth-order valence-corrected chi connectivity index (χ4v) is 8.57. The summed E-state index contributed by atoms with van der Waals surface area (Å²) in [6.45, 7) is 5.48. The Morgan fingerprint density at radius 1 is 0.810 bits per heavy atom. The van der Waals surface area contributed by atoms with Crippen molar-refractivity contribution in [1.82, 2.24) is 30.6 Å². The van der Waals surface area contributed by atoms with E-state index in [-0.39, 0.29) is 19.1 Å². The fourth-order valence-electron chi connectivity index (χ4n) is 7.84. The van der Waals surface area contributed by atoms with Gasteiger partial charge < -0.3 is 19.8 Å². The van der Waals surface area contributed by atoms with Crippen molar-refractivity contribution in [3.63, 3.8) is 0 Å². The molecule has 358 valence electrons. The number of likely N-dealkylation sites (N-methyl/N-ethyl adjacent to an activating group) is 1. The summed E-state index contributed by atoms with van der Waals surface area (Å²) in [5, 5.41) is 30.4. The SMILES string of the molecule is CCCCCCCCCCCCC/C=C/[C@@H](O)[C@H](COP(=O)(O)OCC[N+](C)(C)Cc1cn(Cc2ccc3nonc3c2)nn1)NC(=O)CCCCCCCCCCCCCCC. The van der Waals surface area contributed by atoms with Crippen LogP contribution in [0, 0.1) is 0 Å². The predicted molar refractivity (Wildman–Crippen MR) is 252 cm³/mol. The zero-order valence-corrected chi connectivity index (χ0v) is 40.5. The van der Waals surface area contributed by atoms with Gasteiger partial charge in [-0.15, -0.1) is 5.10 Å². The molecule has 15 heteroatoms. The molecular formula is C48H85N7O7P+. The summed E-state index contributed by atoms with van der Waals surface area (Å²) in [5.41, 5.74) is 3.11. The molecule has 0 aliphatic carbocycles. The molecule has 0 aliphatic heterocycles. The van der Waals surface area contributed by atoms with Crippen molar-refractivity contribution in [3.8, 4) is 0 Å². The number of aliphatic hydroxyl groups excluding tert-OH is 1. The second-order valence-electron chi connectivity index (χ2n) is 18.3.